The predicted molar refractivity (Wildman–Crippen MR) is 57.0 cm³/mol. The molecule has 1 fully saturated rings. The van der Waals surface area contributed by atoms with Gasteiger partial charge in [-0.3, -0.25) is 4.79 Å². The Morgan fingerprint density at radius 3 is 2.93 bits per heavy atom. The Morgan fingerprint density at radius 2 is 2.29 bits per heavy atom. The maximum absolute atomic E-state index is 11.1. The number of allylic oxidation sites excluding steroid dienone is 2. The Morgan fingerprint density at radius 1 is 1.43 bits per heavy atom. The van der Waals surface area contributed by atoms with Gasteiger partial charge in [-0.15, -0.1) is 0 Å². The van der Waals surface area contributed by atoms with Crippen LogP contribution < -0.4 is 0 Å². The van der Waals surface area contributed by atoms with E-state index in [9.17, 15) is 4.79 Å². The highest BCUT2D eigenvalue weighted by Crippen LogP contribution is 2.18. The lowest BCUT2D eigenvalue weighted by atomic mass is 10.0. The van der Waals surface area contributed by atoms with E-state index in [1.807, 2.05) is 0 Å². The molecule has 0 radical (unpaired) electrons. The first kappa shape index (κ1) is 11.3. The number of unbranched alkanes of at least 4 members (excludes halogenated alkanes) is 3. The number of hydrogen-bond donors (Lipinski definition) is 0. The zero-order valence-corrected chi connectivity index (χ0v) is 9.00. The Balaban J connectivity index is 2.04. The molecule has 1 aliphatic rings. The highest BCUT2D eigenvalue weighted by Gasteiger charge is 2.24. The number of rotatable bonds is 6. The topological polar surface area (TPSA) is 26.3 Å². The van der Waals surface area contributed by atoms with Crippen molar-refractivity contribution in [3.63, 3.8) is 0 Å². The Kier molecular flexibility index (Phi) is 5.35. The van der Waals surface area contributed by atoms with Gasteiger partial charge in [-0.2, -0.15) is 0 Å². The second-order valence-electron chi connectivity index (χ2n) is 3.86. The summed E-state index contributed by atoms with van der Waals surface area (Å²) in [6, 6.07) is 0. The van der Waals surface area contributed by atoms with E-state index in [1.165, 1.54) is 19.3 Å². The molecule has 0 amide bonds. The molecule has 1 unspecified atom stereocenters. The molecular weight excluding hydrogens is 176 g/mol. The highest BCUT2D eigenvalue weighted by atomic mass is 16.5. The van der Waals surface area contributed by atoms with Crippen LogP contribution in [0.1, 0.15) is 45.4 Å². The molecule has 1 atom stereocenters. The molecule has 1 saturated heterocycles. The third-order valence-corrected chi connectivity index (χ3v) is 2.61. The van der Waals surface area contributed by atoms with Gasteiger partial charge in [0.2, 0.25) is 0 Å². The van der Waals surface area contributed by atoms with Crippen LogP contribution in [0.15, 0.2) is 12.2 Å². The lowest BCUT2D eigenvalue weighted by molar-refractivity contribution is -0.141. The summed E-state index contributed by atoms with van der Waals surface area (Å²) in [6.07, 6.45) is 11.1. The van der Waals surface area contributed by atoms with E-state index in [-0.39, 0.29) is 11.9 Å². The summed E-state index contributed by atoms with van der Waals surface area (Å²) in [5.74, 6) is 0.126. The van der Waals surface area contributed by atoms with E-state index in [0.29, 0.717) is 6.61 Å². The first-order chi connectivity index (χ1) is 6.84. The lowest BCUT2D eigenvalue weighted by Gasteiger charge is -1.99. The van der Waals surface area contributed by atoms with Gasteiger partial charge >= 0.3 is 5.97 Å². The Hall–Kier alpha value is -0.790. The Bertz CT molecular complexity index is 196. The van der Waals surface area contributed by atoms with Crippen molar-refractivity contribution >= 4 is 5.97 Å². The Labute approximate surface area is 86.3 Å². The molecule has 0 aromatic heterocycles. The molecule has 0 aromatic carbocycles. The van der Waals surface area contributed by atoms with Crippen molar-refractivity contribution < 1.29 is 9.53 Å². The summed E-state index contributed by atoms with van der Waals surface area (Å²) in [5.41, 5.74) is 0. The summed E-state index contributed by atoms with van der Waals surface area (Å²) in [6.45, 7) is 2.82. The average molecular weight is 196 g/mol. The number of carbonyl (C=O) groups is 1. The number of cyclic esters (lactones) is 1. The molecule has 0 saturated carbocycles. The minimum Gasteiger partial charge on any atom is -0.465 e. The van der Waals surface area contributed by atoms with Crippen LogP contribution in [0.25, 0.3) is 0 Å². The van der Waals surface area contributed by atoms with Gasteiger partial charge in [0.25, 0.3) is 0 Å². The molecule has 0 bridgehead atoms. The van der Waals surface area contributed by atoms with Crippen molar-refractivity contribution in [2.75, 3.05) is 6.61 Å². The molecule has 80 valence electrons. The molecule has 0 aliphatic carbocycles. The summed E-state index contributed by atoms with van der Waals surface area (Å²) >= 11 is 0. The fourth-order valence-electron chi connectivity index (χ4n) is 1.64. The normalized spacial score (nSPS) is 21.8. The van der Waals surface area contributed by atoms with Crippen molar-refractivity contribution in [2.24, 2.45) is 5.92 Å². The molecule has 0 N–H and O–H groups in total. The highest BCUT2D eigenvalue weighted by molar-refractivity contribution is 5.74. The molecule has 1 heterocycles. The smallest absolute Gasteiger partial charge is 0.309 e. The minimum atomic E-state index is -0.0109. The van der Waals surface area contributed by atoms with Crippen LogP contribution in [0.3, 0.4) is 0 Å². The van der Waals surface area contributed by atoms with Gasteiger partial charge in [0.15, 0.2) is 0 Å². The number of hydrogen-bond acceptors (Lipinski definition) is 2. The van der Waals surface area contributed by atoms with Gasteiger partial charge in [-0.1, -0.05) is 31.9 Å². The van der Waals surface area contributed by atoms with E-state index in [2.05, 4.69) is 19.1 Å². The SMILES string of the molecule is CCCCC/C=C/CC1CCOC1=O. The number of carbonyl (C=O) groups excluding carboxylic acids is 1. The standard InChI is InChI=1S/C12H20O2/c1-2-3-4-5-6-7-8-11-9-10-14-12(11)13/h6-7,11H,2-5,8-10H2,1H3/b7-6+. The van der Waals surface area contributed by atoms with Crippen LogP contribution >= 0.6 is 0 Å². The molecule has 2 heteroatoms. The first-order valence-electron chi connectivity index (χ1n) is 5.66. The molecule has 1 aliphatic heterocycles. The summed E-state index contributed by atoms with van der Waals surface area (Å²) in [7, 11) is 0. The fraction of sp³-hybridized carbons (Fsp3) is 0.750. The predicted octanol–water partition coefficient (Wildman–Crippen LogP) is 3.08. The monoisotopic (exact) mass is 196 g/mol. The maximum atomic E-state index is 11.1. The van der Waals surface area contributed by atoms with E-state index in [1.54, 1.807) is 0 Å². The number of esters is 1. The van der Waals surface area contributed by atoms with Crippen molar-refractivity contribution in [1.29, 1.82) is 0 Å². The van der Waals surface area contributed by atoms with Gasteiger partial charge in [0, 0.05) is 0 Å². The van der Waals surface area contributed by atoms with Crippen molar-refractivity contribution in [3.05, 3.63) is 12.2 Å². The van der Waals surface area contributed by atoms with Gasteiger partial charge in [-0.25, -0.2) is 0 Å². The third kappa shape index (κ3) is 3.95. The van der Waals surface area contributed by atoms with Crippen LogP contribution in [0, 0.1) is 5.92 Å². The van der Waals surface area contributed by atoms with E-state index in [4.69, 9.17) is 4.74 Å². The van der Waals surface area contributed by atoms with Gasteiger partial charge < -0.3 is 4.74 Å². The van der Waals surface area contributed by atoms with Crippen LogP contribution in [0.5, 0.6) is 0 Å². The van der Waals surface area contributed by atoms with Gasteiger partial charge in [0.1, 0.15) is 0 Å². The van der Waals surface area contributed by atoms with Crippen molar-refractivity contribution in [2.45, 2.75) is 45.4 Å². The van der Waals surface area contributed by atoms with E-state index >= 15 is 0 Å². The van der Waals surface area contributed by atoms with Crippen LogP contribution in [-0.4, -0.2) is 12.6 Å². The second-order valence-corrected chi connectivity index (χ2v) is 3.86. The van der Waals surface area contributed by atoms with Crippen molar-refractivity contribution in [3.8, 4) is 0 Å². The third-order valence-electron chi connectivity index (χ3n) is 2.61. The van der Waals surface area contributed by atoms with Crippen LogP contribution in [0.2, 0.25) is 0 Å². The molecule has 2 nitrogen and oxygen atoms in total. The molecular formula is C12H20O2. The van der Waals surface area contributed by atoms with Gasteiger partial charge in [0.05, 0.1) is 12.5 Å². The fourth-order valence-corrected chi connectivity index (χ4v) is 1.64. The number of ether oxygens (including phenoxy) is 1. The van der Waals surface area contributed by atoms with Crippen LogP contribution in [-0.2, 0) is 9.53 Å². The zero-order valence-electron chi connectivity index (χ0n) is 9.00. The summed E-state index contributed by atoms with van der Waals surface area (Å²) in [5, 5.41) is 0. The first-order valence-corrected chi connectivity index (χ1v) is 5.66. The molecule has 0 spiro atoms. The molecule has 14 heavy (non-hydrogen) atoms. The molecule has 1 rings (SSSR count). The minimum absolute atomic E-state index is 0.0109. The quantitative estimate of drug-likeness (QED) is 0.371. The van der Waals surface area contributed by atoms with Crippen LogP contribution in [0.4, 0.5) is 0 Å². The summed E-state index contributed by atoms with van der Waals surface area (Å²) in [4.78, 5) is 11.1. The molecule has 0 aromatic rings. The van der Waals surface area contributed by atoms with E-state index < -0.39 is 0 Å². The largest absolute Gasteiger partial charge is 0.465 e. The summed E-state index contributed by atoms with van der Waals surface area (Å²) < 4.78 is 4.89. The van der Waals surface area contributed by atoms with E-state index in [0.717, 1.165) is 19.3 Å². The average Bonchev–Trinajstić information content (AvgIpc) is 2.58. The lowest BCUT2D eigenvalue weighted by Crippen LogP contribution is -2.05. The van der Waals surface area contributed by atoms with Gasteiger partial charge in [-0.05, 0) is 25.7 Å². The van der Waals surface area contributed by atoms with Crippen molar-refractivity contribution in [1.82, 2.24) is 0 Å². The second kappa shape index (κ2) is 6.63. The zero-order chi connectivity index (χ0) is 10.2. The maximum Gasteiger partial charge on any atom is 0.309 e.